The summed E-state index contributed by atoms with van der Waals surface area (Å²) in [7, 11) is 0. The van der Waals surface area contributed by atoms with Gasteiger partial charge in [0.1, 0.15) is 5.75 Å². The predicted octanol–water partition coefficient (Wildman–Crippen LogP) is 1.71. The quantitative estimate of drug-likeness (QED) is 0.891. The van der Waals surface area contributed by atoms with Gasteiger partial charge in [-0.2, -0.15) is 4.98 Å². The molecular formula is C12H12ClN3O3. The lowest BCUT2D eigenvalue weighted by molar-refractivity contribution is 0.0953. The minimum atomic E-state index is -0.364. The third kappa shape index (κ3) is 3.45. The molecule has 0 spiro atoms. The lowest BCUT2D eigenvalue weighted by Gasteiger charge is -2.05. The number of halogens is 1. The molecule has 0 bridgehead atoms. The Kier molecular flexibility index (Phi) is 4.01. The van der Waals surface area contributed by atoms with Crippen molar-refractivity contribution < 1.29 is 14.4 Å². The highest BCUT2D eigenvalue weighted by molar-refractivity contribution is 6.33. The highest BCUT2D eigenvalue weighted by Crippen LogP contribution is 2.20. The Labute approximate surface area is 114 Å². The van der Waals surface area contributed by atoms with E-state index in [2.05, 4.69) is 15.5 Å². The summed E-state index contributed by atoms with van der Waals surface area (Å²) in [5.74, 6) is 0.636. The molecule has 2 aromatic rings. The maximum Gasteiger partial charge on any atom is 0.252 e. The second kappa shape index (κ2) is 5.71. The monoisotopic (exact) mass is 281 g/mol. The molecule has 0 unspecified atom stereocenters. The van der Waals surface area contributed by atoms with Crippen LogP contribution >= 0.6 is 11.6 Å². The van der Waals surface area contributed by atoms with E-state index in [1.165, 1.54) is 18.2 Å². The minimum absolute atomic E-state index is 0.0120. The summed E-state index contributed by atoms with van der Waals surface area (Å²) in [5, 5.41) is 15.9. The largest absolute Gasteiger partial charge is 0.508 e. The van der Waals surface area contributed by atoms with E-state index in [0.29, 0.717) is 24.7 Å². The second-order valence-corrected chi connectivity index (χ2v) is 4.31. The van der Waals surface area contributed by atoms with Crippen molar-refractivity contribution in [2.24, 2.45) is 0 Å². The van der Waals surface area contributed by atoms with Gasteiger partial charge in [-0.15, -0.1) is 0 Å². The molecule has 1 amide bonds. The normalized spacial score (nSPS) is 10.4. The van der Waals surface area contributed by atoms with Gasteiger partial charge in [0, 0.05) is 13.0 Å². The molecule has 1 aromatic carbocycles. The average Bonchev–Trinajstić information content (AvgIpc) is 2.78. The zero-order valence-corrected chi connectivity index (χ0v) is 10.9. The zero-order chi connectivity index (χ0) is 13.8. The molecule has 100 valence electrons. The van der Waals surface area contributed by atoms with Gasteiger partial charge in [-0.25, -0.2) is 0 Å². The van der Waals surface area contributed by atoms with Gasteiger partial charge in [0.2, 0.25) is 5.89 Å². The number of hydrogen-bond donors (Lipinski definition) is 2. The van der Waals surface area contributed by atoms with E-state index >= 15 is 0 Å². The van der Waals surface area contributed by atoms with Crippen LogP contribution in [-0.2, 0) is 6.42 Å². The van der Waals surface area contributed by atoms with Crippen LogP contribution in [0.1, 0.15) is 22.1 Å². The van der Waals surface area contributed by atoms with Gasteiger partial charge in [0.05, 0.1) is 10.6 Å². The van der Waals surface area contributed by atoms with Crippen LogP contribution in [0.15, 0.2) is 22.7 Å². The number of aryl methyl sites for hydroxylation is 1. The summed E-state index contributed by atoms with van der Waals surface area (Å²) >= 11 is 5.88. The van der Waals surface area contributed by atoms with Crippen molar-refractivity contribution in [1.29, 1.82) is 0 Å². The van der Waals surface area contributed by atoms with Gasteiger partial charge in [-0.05, 0) is 25.1 Å². The molecule has 0 aliphatic heterocycles. The highest BCUT2D eigenvalue weighted by atomic mass is 35.5. The van der Waals surface area contributed by atoms with Gasteiger partial charge in [0.25, 0.3) is 5.91 Å². The van der Waals surface area contributed by atoms with Crippen molar-refractivity contribution in [1.82, 2.24) is 15.5 Å². The molecule has 0 radical (unpaired) electrons. The molecule has 0 aliphatic rings. The number of carbonyl (C=O) groups is 1. The maximum atomic E-state index is 11.8. The van der Waals surface area contributed by atoms with E-state index < -0.39 is 0 Å². The molecule has 0 saturated heterocycles. The first-order valence-electron chi connectivity index (χ1n) is 5.62. The van der Waals surface area contributed by atoms with E-state index in [9.17, 15) is 9.90 Å². The van der Waals surface area contributed by atoms with Gasteiger partial charge in [0.15, 0.2) is 5.82 Å². The fraction of sp³-hybridized carbons (Fsp3) is 0.250. The number of phenols is 1. The Morgan fingerprint density at radius 2 is 2.32 bits per heavy atom. The van der Waals surface area contributed by atoms with Crippen molar-refractivity contribution in [2.75, 3.05) is 6.54 Å². The van der Waals surface area contributed by atoms with E-state index in [-0.39, 0.29) is 22.2 Å². The number of aromatic hydroxyl groups is 1. The van der Waals surface area contributed by atoms with Crippen molar-refractivity contribution >= 4 is 17.5 Å². The Morgan fingerprint density at radius 1 is 1.53 bits per heavy atom. The molecule has 0 saturated carbocycles. The molecule has 6 nitrogen and oxygen atoms in total. The lowest BCUT2D eigenvalue weighted by atomic mass is 10.2. The Balaban J connectivity index is 1.92. The van der Waals surface area contributed by atoms with Crippen molar-refractivity contribution in [2.45, 2.75) is 13.3 Å². The molecular weight excluding hydrogens is 270 g/mol. The lowest BCUT2D eigenvalue weighted by Crippen LogP contribution is -2.26. The van der Waals surface area contributed by atoms with Crippen LogP contribution < -0.4 is 5.32 Å². The van der Waals surface area contributed by atoms with Gasteiger partial charge in [-0.3, -0.25) is 4.79 Å². The second-order valence-electron chi connectivity index (χ2n) is 3.91. The van der Waals surface area contributed by atoms with Crippen molar-refractivity contribution in [3.63, 3.8) is 0 Å². The van der Waals surface area contributed by atoms with Crippen molar-refractivity contribution in [3.05, 3.63) is 40.5 Å². The van der Waals surface area contributed by atoms with Crippen LogP contribution in [0, 0.1) is 6.92 Å². The number of carbonyl (C=O) groups excluding carboxylic acids is 1. The summed E-state index contributed by atoms with van der Waals surface area (Å²) in [6, 6.07) is 4.20. The molecule has 2 rings (SSSR count). The van der Waals surface area contributed by atoms with Crippen LogP contribution in [0.3, 0.4) is 0 Å². The molecule has 7 heteroatoms. The van der Waals surface area contributed by atoms with E-state index in [1.54, 1.807) is 6.92 Å². The predicted molar refractivity (Wildman–Crippen MR) is 68.2 cm³/mol. The summed E-state index contributed by atoms with van der Waals surface area (Å²) < 4.78 is 4.92. The Bertz CT molecular complexity index is 598. The number of amides is 1. The van der Waals surface area contributed by atoms with Gasteiger partial charge < -0.3 is 14.9 Å². The first-order chi connectivity index (χ1) is 9.06. The topological polar surface area (TPSA) is 88.2 Å². The third-order valence-electron chi connectivity index (χ3n) is 2.39. The average molecular weight is 282 g/mol. The van der Waals surface area contributed by atoms with Crippen LogP contribution in [0.4, 0.5) is 0 Å². The fourth-order valence-corrected chi connectivity index (χ4v) is 1.71. The van der Waals surface area contributed by atoms with Crippen LogP contribution in [0.5, 0.6) is 5.75 Å². The molecule has 1 aromatic heterocycles. The van der Waals surface area contributed by atoms with Crippen LogP contribution in [-0.4, -0.2) is 27.7 Å². The Morgan fingerprint density at radius 3 is 3.00 bits per heavy atom. The summed E-state index contributed by atoms with van der Waals surface area (Å²) in [6.45, 7) is 2.06. The standard InChI is InChI=1S/C12H12ClN3O3/c1-7-15-11(19-16-7)4-5-14-12(18)9-6-8(17)2-3-10(9)13/h2-3,6,17H,4-5H2,1H3,(H,14,18). The van der Waals surface area contributed by atoms with Gasteiger partial charge >= 0.3 is 0 Å². The van der Waals surface area contributed by atoms with Crippen LogP contribution in [0.25, 0.3) is 0 Å². The maximum absolute atomic E-state index is 11.8. The molecule has 19 heavy (non-hydrogen) atoms. The first-order valence-corrected chi connectivity index (χ1v) is 6.00. The highest BCUT2D eigenvalue weighted by Gasteiger charge is 2.11. The van der Waals surface area contributed by atoms with Crippen molar-refractivity contribution in [3.8, 4) is 5.75 Å². The summed E-state index contributed by atoms with van der Waals surface area (Å²) in [4.78, 5) is 15.9. The van der Waals surface area contributed by atoms with Crippen LogP contribution in [0.2, 0.25) is 5.02 Å². The molecule has 0 aliphatic carbocycles. The summed E-state index contributed by atoms with van der Waals surface area (Å²) in [6.07, 6.45) is 0.434. The Hall–Kier alpha value is -2.08. The molecule has 0 fully saturated rings. The number of benzene rings is 1. The van der Waals surface area contributed by atoms with E-state index in [4.69, 9.17) is 16.1 Å². The summed E-state index contributed by atoms with van der Waals surface area (Å²) in [5.41, 5.74) is 0.225. The SMILES string of the molecule is Cc1noc(CCNC(=O)c2cc(O)ccc2Cl)n1. The number of rotatable bonds is 4. The van der Waals surface area contributed by atoms with Gasteiger partial charge in [-0.1, -0.05) is 16.8 Å². The number of aromatic nitrogens is 2. The number of nitrogens with zero attached hydrogens (tertiary/aromatic N) is 2. The fourth-order valence-electron chi connectivity index (χ4n) is 1.51. The smallest absolute Gasteiger partial charge is 0.252 e. The number of phenolic OH excluding ortho intramolecular Hbond substituents is 1. The minimum Gasteiger partial charge on any atom is -0.508 e. The first kappa shape index (κ1) is 13.4. The molecule has 0 atom stereocenters. The van der Waals surface area contributed by atoms with E-state index in [1.807, 2.05) is 0 Å². The number of hydrogen-bond acceptors (Lipinski definition) is 5. The zero-order valence-electron chi connectivity index (χ0n) is 10.2. The molecule has 2 N–H and O–H groups in total. The third-order valence-corrected chi connectivity index (χ3v) is 2.72. The number of nitrogens with one attached hydrogen (secondary N) is 1. The van der Waals surface area contributed by atoms with E-state index in [0.717, 1.165) is 0 Å². The molecule has 1 heterocycles.